The van der Waals surface area contributed by atoms with Crippen LogP contribution in [0.4, 0.5) is 28.4 Å². The third kappa shape index (κ3) is 2.88. The fraction of sp³-hybridized carbons (Fsp3) is 0.111. The molecule has 0 aliphatic rings. The Morgan fingerprint density at radius 3 is 2.56 bits per heavy atom. The summed E-state index contributed by atoms with van der Waals surface area (Å²) in [6.07, 6.45) is -4.59. The maximum Gasteiger partial charge on any atom is 0.452 e. The van der Waals surface area contributed by atoms with E-state index in [2.05, 4.69) is 14.7 Å². The Morgan fingerprint density at radius 2 is 2.00 bits per heavy atom. The lowest BCUT2D eigenvalue weighted by atomic mass is 10.3. The van der Waals surface area contributed by atoms with Crippen molar-refractivity contribution < 1.29 is 17.6 Å². The summed E-state index contributed by atoms with van der Waals surface area (Å²) in [5, 5.41) is 2.37. The minimum Gasteiger partial charge on any atom is -0.330 e. The lowest BCUT2D eigenvalue weighted by molar-refractivity contribution is -0.144. The summed E-state index contributed by atoms with van der Waals surface area (Å²) < 4.78 is 52.7. The monoisotopic (exact) mass is 297 g/mol. The van der Waals surface area contributed by atoms with Crippen LogP contribution in [0.3, 0.4) is 0 Å². The number of hydrogen-bond acceptors (Lipinski definition) is 4. The van der Waals surface area contributed by atoms with Gasteiger partial charge in [-0.25, -0.2) is 4.39 Å². The van der Waals surface area contributed by atoms with E-state index in [9.17, 15) is 17.6 Å². The van der Waals surface area contributed by atoms with Gasteiger partial charge in [-0.2, -0.15) is 22.5 Å². The van der Waals surface area contributed by atoms with Crippen LogP contribution < -0.4 is 5.32 Å². The molecule has 3 nitrogen and oxygen atoms in total. The van der Waals surface area contributed by atoms with Crippen molar-refractivity contribution in [3.05, 3.63) is 34.9 Å². The Balaban J connectivity index is 2.19. The Morgan fingerprint density at radius 1 is 1.28 bits per heavy atom. The predicted octanol–water partition coefficient (Wildman–Crippen LogP) is 4.09. The van der Waals surface area contributed by atoms with Gasteiger partial charge in [-0.05, 0) is 18.2 Å². The van der Waals surface area contributed by atoms with Gasteiger partial charge < -0.3 is 5.32 Å². The van der Waals surface area contributed by atoms with Gasteiger partial charge in [-0.15, -0.1) is 0 Å². The van der Waals surface area contributed by atoms with Crippen LogP contribution in [0.25, 0.3) is 0 Å². The van der Waals surface area contributed by atoms with E-state index in [1.54, 1.807) is 0 Å². The minimum atomic E-state index is -4.59. The number of benzene rings is 1. The molecular weight excluding hydrogens is 294 g/mol. The zero-order valence-electron chi connectivity index (χ0n) is 8.42. The van der Waals surface area contributed by atoms with Gasteiger partial charge >= 0.3 is 6.18 Å². The number of aromatic nitrogens is 2. The Kier molecular flexibility index (Phi) is 3.40. The summed E-state index contributed by atoms with van der Waals surface area (Å²) in [6, 6.07) is 3.66. The molecule has 1 aromatic heterocycles. The van der Waals surface area contributed by atoms with Crippen LogP contribution in [0.1, 0.15) is 5.82 Å². The SMILES string of the molecule is Fc1ccc(Nc2nc(C(F)(F)F)ns2)cc1Cl. The first-order chi connectivity index (χ1) is 8.36. The summed E-state index contributed by atoms with van der Waals surface area (Å²) in [7, 11) is 0. The number of nitrogens with one attached hydrogen (secondary N) is 1. The average Bonchev–Trinajstić information content (AvgIpc) is 2.72. The van der Waals surface area contributed by atoms with Crippen LogP contribution in [0.2, 0.25) is 5.02 Å². The van der Waals surface area contributed by atoms with E-state index in [0.29, 0.717) is 17.2 Å². The van der Waals surface area contributed by atoms with Gasteiger partial charge in [0.2, 0.25) is 11.0 Å². The standard InChI is InChI=1S/C9H4ClF4N3S/c10-5-3-4(1-2-6(5)11)15-8-16-7(17-18-8)9(12,13)14/h1-3H,(H,15,16,17). The van der Waals surface area contributed by atoms with Crippen LogP contribution in [-0.2, 0) is 6.18 Å². The van der Waals surface area contributed by atoms with Crippen LogP contribution in [0.5, 0.6) is 0 Å². The van der Waals surface area contributed by atoms with Gasteiger partial charge in [0.1, 0.15) is 5.82 Å². The molecule has 2 aromatic rings. The van der Waals surface area contributed by atoms with Crippen molar-refractivity contribution in [2.24, 2.45) is 0 Å². The predicted molar refractivity (Wildman–Crippen MR) is 59.6 cm³/mol. The van der Waals surface area contributed by atoms with Gasteiger partial charge in [0.05, 0.1) is 5.02 Å². The molecule has 1 aromatic carbocycles. The summed E-state index contributed by atoms with van der Waals surface area (Å²) in [6.45, 7) is 0. The minimum absolute atomic E-state index is 0.0509. The lowest BCUT2D eigenvalue weighted by Gasteiger charge is -2.03. The highest BCUT2D eigenvalue weighted by Gasteiger charge is 2.36. The molecule has 0 amide bonds. The molecule has 0 saturated heterocycles. The Labute approximate surface area is 108 Å². The van der Waals surface area contributed by atoms with E-state index >= 15 is 0 Å². The van der Waals surface area contributed by atoms with Crippen molar-refractivity contribution in [2.45, 2.75) is 6.18 Å². The second-order valence-corrected chi connectivity index (χ2v) is 4.33. The quantitative estimate of drug-likeness (QED) is 0.848. The zero-order chi connectivity index (χ0) is 13.3. The molecule has 2 rings (SSSR count). The maximum atomic E-state index is 12.9. The number of anilines is 2. The molecule has 0 unspecified atom stereocenters. The van der Waals surface area contributed by atoms with Gasteiger partial charge in [0, 0.05) is 17.2 Å². The Hall–Kier alpha value is -1.41. The van der Waals surface area contributed by atoms with Crippen molar-refractivity contribution in [1.82, 2.24) is 9.36 Å². The molecule has 0 radical (unpaired) electrons. The van der Waals surface area contributed by atoms with Crippen molar-refractivity contribution in [3.8, 4) is 0 Å². The van der Waals surface area contributed by atoms with Crippen molar-refractivity contribution in [3.63, 3.8) is 0 Å². The highest BCUT2D eigenvalue weighted by molar-refractivity contribution is 7.09. The normalized spacial score (nSPS) is 11.6. The van der Waals surface area contributed by atoms with E-state index < -0.39 is 17.8 Å². The number of halogens is 5. The molecule has 0 aliphatic heterocycles. The fourth-order valence-corrected chi connectivity index (χ4v) is 1.88. The van der Waals surface area contributed by atoms with Crippen LogP contribution in [0.15, 0.2) is 18.2 Å². The summed E-state index contributed by atoms with van der Waals surface area (Å²) in [5.41, 5.74) is 0.325. The van der Waals surface area contributed by atoms with Crippen LogP contribution >= 0.6 is 23.1 Å². The van der Waals surface area contributed by atoms with E-state index in [-0.39, 0.29) is 10.2 Å². The van der Waals surface area contributed by atoms with Gasteiger partial charge in [-0.3, -0.25) is 0 Å². The molecule has 0 bridgehead atoms. The topological polar surface area (TPSA) is 37.8 Å². The summed E-state index contributed by atoms with van der Waals surface area (Å²) >= 11 is 6.08. The highest BCUT2D eigenvalue weighted by atomic mass is 35.5. The molecule has 0 fully saturated rings. The van der Waals surface area contributed by atoms with Crippen molar-refractivity contribution in [2.75, 3.05) is 5.32 Å². The van der Waals surface area contributed by atoms with Crippen LogP contribution in [-0.4, -0.2) is 9.36 Å². The molecule has 0 atom stereocenters. The van der Waals surface area contributed by atoms with Crippen molar-refractivity contribution >= 4 is 34.0 Å². The van der Waals surface area contributed by atoms with E-state index in [0.717, 1.165) is 6.07 Å². The first kappa shape index (κ1) is 13.0. The van der Waals surface area contributed by atoms with Crippen LogP contribution in [0, 0.1) is 5.82 Å². The third-order valence-electron chi connectivity index (χ3n) is 1.85. The van der Waals surface area contributed by atoms with Crippen molar-refractivity contribution in [1.29, 1.82) is 0 Å². The number of hydrogen-bond donors (Lipinski definition) is 1. The number of rotatable bonds is 2. The van der Waals surface area contributed by atoms with E-state index in [4.69, 9.17) is 11.6 Å². The second-order valence-electron chi connectivity index (χ2n) is 3.17. The largest absolute Gasteiger partial charge is 0.452 e. The number of alkyl halides is 3. The molecule has 0 aliphatic carbocycles. The molecule has 96 valence electrons. The Bertz CT molecular complexity index is 569. The maximum absolute atomic E-state index is 12.9. The van der Waals surface area contributed by atoms with E-state index in [1.807, 2.05) is 0 Å². The molecule has 0 spiro atoms. The average molecular weight is 298 g/mol. The lowest BCUT2D eigenvalue weighted by Crippen LogP contribution is -2.07. The molecule has 9 heteroatoms. The molecule has 1 N–H and O–H groups in total. The summed E-state index contributed by atoms with van der Waals surface area (Å²) in [4.78, 5) is 3.26. The second kappa shape index (κ2) is 4.69. The van der Waals surface area contributed by atoms with Gasteiger partial charge in [0.25, 0.3) is 0 Å². The zero-order valence-corrected chi connectivity index (χ0v) is 10.00. The first-order valence-corrected chi connectivity index (χ1v) is 5.64. The molecule has 18 heavy (non-hydrogen) atoms. The summed E-state index contributed by atoms with van der Waals surface area (Å²) in [5.74, 6) is -1.83. The van der Waals surface area contributed by atoms with Gasteiger partial charge in [0.15, 0.2) is 0 Å². The molecular formula is C9H4ClF4N3S. The first-order valence-electron chi connectivity index (χ1n) is 4.49. The smallest absolute Gasteiger partial charge is 0.330 e. The number of nitrogens with zero attached hydrogens (tertiary/aromatic N) is 2. The molecule has 0 saturated carbocycles. The fourth-order valence-electron chi connectivity index (χ4n) is 1.09. The molecule has 1 heterocycles. The van der Waals surface area contributed by atoms with E-state index in [1.165, 1.54) is 12.1 Å². The third-order valence-corrected chi connectivity index (χ3v) is 2.77. The highest BCUT2D eigenvalue weighted by Crippen LogP contribution is 2.30. The van der Waals surface area contributed by atoms with Gasteiger partial charge in [-0.1, -0.05) is 11.6 Å².